The Balaban J connectivity index is 1.41. The number of rotatable bonds is 4. The summed E-state index contributed by atoms with van der Waals surface area (Å²) in [6.45, 7) is 0. The predicted molar refractivity (Wildman–Crippen MR) is 123 cm³/mol. The molecule has 1 amide bonds. The molecule has 8 heteroatoms. The zero-order valence-electron chi connectivity index (χ0n) is 15.5. The van der Waals surface area contributed by atoms with E-state index in [2.05, 4.69) is 15.4 Å². The molecule has 0 aliphatic heterocycles. The molecule has 2 heterocycles. The Kier molecular flexibility index (Phi) is 4.90. The fourth-order valence-electron chi connectivity index (χ4n) is 3.40. The fraction of sp³-hybridized carbons (Fsp3) is 0.0455. The first-order chi connectivity index (χ1) is 14.6. The molecule has 148 valence electrons. The van der Waals surface area contributed by atoms with Crippen molar-refractivity contribution in [2.75, 3.05) is 5.32 Å². The van der Waals surface area contributed by atoms with Crippen LogP contribution in [0.5, 0.6) is 0 Å². The van der Waals surface area contributed by atoms with E-state index in [4.69, 9.17) is 23.2 Å². The Morgan fingerprint density at radius 1 is 1.07 bits per heavy atom. The second kappa shape index (κ2) is 7.72. The molecule has 0 aliphatic rings. The average Bonchev–Trinajstić information content (AvgIpc) is 3.30. The molecule has 5 aromatic rings. The number of amides is 1. The summed E-state index contributed by atoms with van der Waals surface area (Å²) in [7, 11) is 0. The molecule has 0 saturated carbocycles. The molecule has 0 aliphatic carbocycles. The molecule has 3 aromatic carbocycles. The summed E-state index contributed by atoms with van der Waals surface area (Å²) in [5.41, 5.74) is 2.48. The average molecular weight is 453 g/mol. The van der Waals surface area contributed by atoms with E-state index < -0.39 is 0 Å². The minimum absolute atomic E-state index is 0.174. The second-order valence-corrected chi connectivity index (χ2v) is 8.42. The molecule has 0 spiro atoms. The van der Waals surface area contributed by atoms with Crippen LogP contribution in [0.2, 0.25) is 10.0 Å². The monoisotopic (exact) mass is 452 g/mol. The Bertz CT molecular complexity index is 1400. The Labute approximate surface area is 185 Å². The fourth-order valence-corrected chi connectivity index (χ4v) is 4.61. The standard InChI is InChI=1S/C22H14Cl2N4OS/c23-15-8-9-18(24)17(11-15)19-12-30-22-26-21(27-28(19)22)25-20(29)10-14-6-3-5-13-4-1-2-7-16(13)14/h1-9,11-12H,10H2,(H,25,27,29). The van der Waals surface area contributed by atoms with Crippen LogP contribution >= 0.6 is 34.5 Å². The van der Waals surface area contributed by atoms with Crippen molar-refractivity contribution in [3.63, 3.8) is 0 Å². The number of nitrogens with one attached hydrogen (secondary N) is 1. The lowest BCUT2D eigenvalue weighted by molar-refractivity contribution is -0.115. The topological polar surface area (TPSA) is 59.3 Å². The Morgan fingerprint density at radius 3 is 2.80 bits per heavy atom. The zero-order valence-corrected chi connectivity index (χ0v) is 17.8. The van der Waals surface area contributed by atoms with Gasteiger partial charge in [-0.3, -0.25) is 10.1 Å². The molecule has 30 heavy (non-hydrogen) atoms. The van der Waals surface area contributed by atoms with E-state index in [9.17, 15) is 4.79 Å². The number of carbonyl (C=O) groups is 1. The van der Waals surface area contributed by atoms with Crippen molar-refractivity contribution < 1.29 is 4.79 Å². The van der Waals surface area contributed by atoms with Gasteiger partial charge in [0.25, 0.3) is 0 Å². The number of carbonyl (C=O) groups excluding carboxylic acids is 1. The third kappa shape index (κ3) is 3.54. The molecular weight excluding hydrogens is 439 g/mol. The van der Waals surface area contributed by atoms with E-state index in [1.807, 2.05) is 47.8 Å². The van der Waals surface area contributed by atoms with E-state index in [1.165, 1.54) is 11.3 Å². The molecule has 2 aromatic heterocycles. The number of thiazole rings is 1. The first-order valence-corrected chi connectivity index (χ1v) is 10.8. The number of hydrogen-bond donors (Lipinski definition) is 1. The van der Waals surface area contributed by atoms with E-state index in [0.29, 0.717) is 15.0 Å². The van der Waals surface area contributed by atoms with Gasteiger partial charge >= 0.3 is 0 Å². The summed E-state index contributed by atoms with van der Waals surface area (Å²) in [5, 5.41) is 12.5. The van der Waals surface area contributed by atoms with E-state index in [1.54, 1.807) is 22.7 Å². The third-order valence-corrected chi connectivity index (χ3v) is 6.15. The van der Waals surface area contributed by atoms with Crippen molar-refractivity contribution in [2.45, 2.75) is 6.42 Å². The van der Waals surface area contributed by atoms with Gasteiger partial charge in [0.2, 0.25) is 16.8 Å². The van der Waals surface area contributed by atoms with Gasteiger partial charge in [0.1, 0.15) is 0 Å². The summed E-state index contributed by atoms with van der Waals surface area (Å²) in [5.74, 6) is 0.0819. The molecule has 0 bridgehead atoms. The number of benzene rings is 3. The van der Waals surface area contributed by atoms with Crippen molar-refractivity contribution in [2.24, 2.45) is 0 Å². The maximum absolute atomic E-state index is 12.6. The van der Waals surface area contributed by atoms with Crippen LogP contribution in [0, 0.1) is 0 Å². The predicted octanol–water partition coefficient (Wildman–Crippen LogP) is 6.10. The van der Waals surface area contributed by atoms with Crippen LogP contribution in [-0.2, 0) is 11.2 Å². The van der Waals surface area contributed by atoms with Gasteiger partial charge in [0, 0.05) is 16.0 Å². The van der Waals surface area contributed by atoms with Crippen LogP contribution in [0.15, 0.2) is 66.0 Å². The quantitative estimate of drug-likeness (QED) is 0.358. The molecule has 0 fully saturated rings. The van der Waals surface area contributed by atoms with E-state index >= 15 is 0 Å². The number of anilines is 1. The van der Waals surface area contributed by atoms with E-state index in [0.717, 1.165) is 27.6 Å². The van der Waals surface area contributed by atoms with Gasteiger partial charge in [0.15, 0.2) is 0 Å². The lowest BCUT2D eigenvalue weighted by Crippen LogP contribution is -2.15. The molecule has 0 saturated heterocycles. The minimum Gasteiger partial charge on any atom is -0.293 e. The molecule has 1 N–H and O–H groups in total. The van der Waals surface area contributed by atoms with Crippen LogP contribution in [0.25, 0.3) is 27.0 Å². The van der Waals surface area contributed by atoms with Crippen LogP contribution in [0.1, 0.15) is 5.56 Å². The van der Waals surface area contributed by atoms with E-state index in [-0.39, 0.29) is 18.3 Å². The van der Waals surface area contributed by atoms with Gasteiger partial charge < -0.3 is 0 Å². The summed E-state index contributed by atoms with van der Waals surface area (Å²) < 4.78 is 1.66. The van der Waals surface area contributed by atoms with Gasteiger partial charge in [-0.25, -0.2) is 4.52 Å². The lowest BCUT2D eigenvalue weighted by Gasteiger charge is -2.06. The SMILES string of the molecule is O=C(Cc1cccc2ccccc12)Nc1nc2scc(-c3cc(Cl)ccc3Cl)n2n1. The molecule has 0 atom stereocenters. The molecule has 0 radical (unpaired) electrons. The highest BCUT2D eigenvalue weighted by molar-refractivity contribution is 7.15. The highest BCUT2D eigenvalue weighted by Gasteiger charge is 2.16. The molecule has 5 rings (SSSR count). The summed E-state index contributed by atoms with van der Waals surface area (Å²) in [6, 6.07) is 19.2. The van der Waals surface area contributed by atoms with Crippen molar-refractivity contribution in [1.29, 1.82) is 0 Å². The lowest BCUT2D eigenvalue weighted by atomic mass is 10.0. The van der Waals surface area contributed by atoms with Crippen LogP contribution in [0.3, 0.4) is 0 Å². The largest absolute Gasteiger partial charge is 0.293 e. The normalized spacial score (nSPS) is 11.3. The third-order valence-electron chi connectivity index (χ3n) is 4.77. The van der Waals surface area contributed by atoms with Gasteiger partial charge in [-0.1, -0.05) is 65.7 Å². The molecular formula is C22H14Cl2N4OS. The van der Waals surface area contributed by atoms with Crippen molar-refractivity contribution in [1.82, 2.24) is 14.6 Å². The maximum Gasteiger partial charge on any atom is 0.250 e. The van der Waals surface area contributed by atoms with Gasteiger partial charge in [-0.2, -0.15) is 4.98 Å². The van der Waals surface area contributed by atoms with Gasteiger partial charge in [-0.05, 0) is 34.5 Å². The number of nitrogens with zero attached hydrogens (tertiary/aromatic N) is 3. The van der Waals surface area contributed by atoms with Crippen molar-refractivity contribution in [3.8, 4) is 11.3 Å². The summed E-state index contributed by atoms with van der Waals surface area (Å²) in [6.07, 6.45) is 0.237. The highest BCUT2D eigenvalue weighted by Crippen LogP contribution is 2.33. The van der Waals surface area contributed by atoms with Crippen LogP contribution in [-0.4, -0.2) is 20.5 Å². The van der Waals surface area contributed by atoms with Crippen molar-refractivity contribution in [3.05, 3.63) is 81.7 Å². The van der Waals surface area contributed by atoms with Crippen LogP contribution in [0.4, 0.5) is 5.95 Å². The van der Waals surface area contributed by atoms with Gasteiger partial charge in [0.05, 0.1) is 17.1 Å². The smallest absolute Gasteiger partial charge is 0.250 e. The summed E-state index contributed by atoms with van der Waals surface area (Å²) in [4.78, 5) is 17.7. The first kappa shape index (κ1) is 19.1. The molecule has 0 unspecified atom stereocenters. The second-order valence-electron chi connectivity index (χ2n) is 6.74. The Morgan fingerprint density at radius 2 is 1.90 bits per heavy atom. The number of halogens is 2. The number of fused-ring (bicyclic) bond motifs is 2. The van der Waals surface area contributed by atoms with Crippen LogP contribution < -0.4 is 5.32 Å². The highest BCUT2D eigenvalue weighted by atomic mass is 35.5. The Hall–Kier alpha value is -2.93. The number of aromatic nitrogens is 3. The zero-order chi connectivity index (χ0) is 20.7. The van der Waals surface area contributed by atoms with Crippen molar-refractivity contribution >= 4 is 62.1 Å². The first-order valence-electron chi connectivity index (χ1n) is 9.15. The van der Waals surface area contributed by atoms with Gasteiger partial charge in [-0.15, -0.1) is 16.4 Å². The number of hydrogen-bond acceptors (Lipinski definition) is 4. The summed E-state index contributed by atoms with van der Waals surface area (Å²) >= 11 is 13.9. The molecule has 5 nitrogen and oxygen atoms in total. The maximum atomic E-state index is 12.6. The minimum atomic E-state index is -0.174.